The monoisotopic (exact) mass is 297 g/mol. The van der Waals surface area contributed by atoms with Gasteiger partial charge in [0, 0.05) is 24.5 Å². The van der Waals surface area contributed by atoms with Crippen molar-refractivity contribution in [1.29, 1.82) is 0 Å². The van der Waals surface area contributed by atoms with Crippen LogP contribution in [0.25, 0.3) is 0 Å². The van der Waals surface area contributed by atoms with Crippen LogP contribution >= 0.6 is 15.9 Å². The van der Waals surface area contributed by atoms with Gasteiger partial charge in [0.1, 0.15) is 0 Å². The van der Waals surface area contributed by atoms with E-state index in [1.165, 1.54) is 0 Å². The first-order valence-electron chi connectivity index (χ1n) is 5.97. The Morgan fingerprint density at radius 3 is 2.41 bits per heavy atom. The number of hydrogen-bond donors (Lipinski definition) is 0. The number of carbonyl (C=O) groups is 1. The molecule has 0 atom stereocenters. The minimum Gasteiger partial charge on any atom is -0.341 e. The number of carbonyl (C=O) groups excluding carboxylic acids is 1. The Morgan fingerprint density at radius 2 is 1.88 bits per heavy atom. The van der Waals surface area contributed by atoms with Gasteiger partial charge in [0.2, 0.25) is 5.91 Å². The highest BCUT2D eigenvalue weighted by Crippen LogP contribution is 2.13. The SMILES string of the molecule is CC(C)CCC(=O)N(C)Cc1ccc(Br)cc1. The third kappa shape index (κ3) is 5.35. The zero-order chi connectivity index (χ0) is 12.8. The average molecular weight is 298 g/mol. The van der Waals surface area contributed by atoms with Crippen molar-refractivity contribution in [2.75, 3.05) is 7.05 Å². The van der Waals surface area contributed by atoms with Gasteiger partial charge < -0.3 is 4.90 Å². The minimum atomic E-state index is 0.224. The van der Waals surface area contributed by atoms with Crippen LogP contribution in [0, 0.1) is 5.92 Å². The highest BCUT2D eigenvalue weighted by atomic mass is 79.9. The van der Waals surface area contributed by atoms with Gasteiger partial charge in [0.15, 0.2) is 0 Å². The number of amides is 1. The lowest BCUT2D eigenvalue weighted by Crippen LogP contribution is -2.26. The van der Waals surface area contributed by atoms with Crippen molar-refractivity contribution in [1.82, 2.24) is 4.90 Å². The standard InChI is InChI=1S/C14H20BrNO/c1-11(2)4-9-14(17)16(3)10-12-5-7-13(15)8-6-12/h5-8,11H,4,9-10H2,1-3H3. The Labute approximate surface area is 112 Å². The minimum absolute atomic E-state index is 0.224. The third-order valence-electron chi connectivity index (χ3n) is 2.69. The third-order valence-corrected chi connectivity index (χ3v) is 3.22. The first-order valence-corrected chi connectivity index (χ1v) is 6.76. The van der Waals surface area contributed by atoms with E-state index < -0.39 is 0 Å². The first-order chi connectivity index (χ1) is 7.99. The van der Waals surface area contributed by atoms with Crippen molar-refractivity contribution >= 4 is 21.8 Å². The summed E-state index contributed by atoms with van der Waals surface area (Å²) in [4.78, 5) is 13.6. The number of nitrogens with zero attached hydrogens (tertiary/aromatic N) is 1. The maximum atomic E-state index is 11.8. The highest BCUT2D eigenvalue weighted by molar-refractivity contribution is 9.10. The Balaban J connectivity index is 2.45. The molecule has 17 heavy (non-hydrogen) atoms. The van der Waals surface area contributed by atoms with Crippen molar-refractivity contribution < 1.29 is 4.79 Å². The zero-order valence-corrected chi connectivity index (χ0v) is 12.3. The molecule has 0 unspecified atom stereocenters. The van der Waals surface area contributed by atoms with Crippen molar-refractivity contribution in [3.8, 4) is 0 Å². The molecule has 94 valence electrons. The summed E-state index contributed by atoms with van der Waals surface area (Å²) in [6.45, 7) is 4.97. The molecule has 0 spiro atoms. The molecule has 1 rings (SSSR count). The van der Waals surface area contributed by atoms with E-state index in [2.05, 4.69) is 29.8 Å². The predicted octanol–water partition coefficient (Wildman–Crippen LogP) is 3.84. The summed E-state index contributed by atoms with van der Waals surface area (Å²) in [5.41, 5.74) is 1.16. The Kier molecular flexibility index (Phi) is 5.69. The predicted molar refractivity (Wildman–Crippen MR) is 74.7 cm³/mol. The summed E-state index contributed by atoms with van der Waals surface area (Å²) in [6, 6.07) is 8.08. The van der Waals surface area contributed by atoms with E-state index in [4.69, 9.17) is 0 Å². The Bertz CT molecular complexity index is 359. The van der Waals surface area contributed by atoms with Crippen LogP contribution in [0.5, 0.6) is 0 Å². The van der Waals surface area contributed by atoms with Gasteiger partial charge in [-0.25, -0.2) is 0 Å². The molecule has 2 nitrogen and oxygen atoms in total. The Morgan fingerprint density at radius 1 is 1.29 bits per heavy atom. The molecule has 0 radical (unpaired) electrons. The molecular weight excluding hydrogens is 278 g/mol. The highest BCUT2D eigenvalue weighted by Gasteiger charge is 2.09. The van der Waals surface area contributed by atoms with E-state index >= 15 is 0 Å². The van der Waals surface area contributed by atoms with Crippen LogP contribution in [0.3, 0.4) is 0 Å². The number of rotatable bonds is 5. The van der Waals surface area contributed by atoms with Crippen molar-refractivity contribution in [3.63, 3.8) is 0 Å². The van der Waals surface area contributed by atoms with E-state index in [0.29, 0.717) is 18.9 Å². The fourth-order valence-electron chi connectivity index (χ4n) is 1.55. The zero-order valence-electron chi connectivity index (χ0n) is 10.7. The molecule has 3 heteroatoms. The van der Waals surface area contributed by atoms with Crippen LogP contribution in [0.2, 0.25) is 0 Å². The molecule has 0 aliphatic rings. The summed E-state index contributed by atoms with van der Waals surface area (Å²) >= 11 is 3.40. The van der Waals surface area contributed by atoms with Gasteiger partial charge >= 0.3 is 0 Å². The lowest BCUT2D eigenvalue weighted by molar-refractivity contribution is -0.130. The van der Waals surface area contributed by atoms with Crippen LogP contribution in [0.15, 0.2) is 28.7 Å². The molecule has 0 fully saturated rings. The molecule has 0 aliphatic heterocycles. The second-order valence-corrected chi connectivity index (χ2v) is 5.72. The van der Waals surface area contributed by atoms with Crippen molar-refractivity contribution in [3.05, 3.63) is 34.3 Å². The van der Waals surface area contributed by atoms with Gasteiger partial charge in [0.05, 0.1) is 0 Å². The Hall–Kier alpha value is -0.830. The maximum Gasteiger partial charge on any atom is 0.222 e. The van der Waals surface area contributed by atoms with Gasteiger partial charge in [-0.1, -0.05) is 41.9 Å². The number of hydrogen-bond acceptors (Lipinski definition) is 1. The van der Waals surface area contributed by atoms with Gasteiger partial charge in [-0.2, -0.15) is 0 Å². The molecule has 0 aromatic heterocycles. The van der Waals surface area contributed by atoms with E-state index in [1.54, 1.807) is 4.90 Å². The summed E-state index contributed by atoms with van der Waals surface area (Å²) in [5.74, 6) is 0.807. The summed E-state index contributed by atoms with van der Waals surface area (Å²) < 4.78 is 1.06. The topological polar surface area (TPSA) is 20.3 Å². The van der Waals surface area contributed by atoms with Crippen LogP contribution < -0.4 is 0 Å². The molecule has 0 saturated heterocycles. The molecule has 0 aliphatic carbocycles. The van der Waals surface area contributed by atoms with E-state index in [0.717, 1.165) is 16.5 Å². The lowest BCUT2D eigenvalue weighted by Gasteiger charge is -2.18. The summed E-state index contributed by atoms with van der Waals surface area (Å²) in [6.07, 6.45) is 1.61. The van der Waals surface area contributed by atoms with Crippen molar-refractivity contribution in [2.24, 2.45) is 5.92 Å². The quantitative estimate of drug-likeness (QED) is 0.808. The molecule has 0 saturated carbocycles. The number of halogens is 1. The molecule has 0 heterocycles. The van der Waals surface area contributed by atoms with Crippen LogP contribution in [-0.4, -0.2) is 17.9 Å². The fourth-order valence-corrected chi connectivity index (χ4v) is 1.82. The average Bonchev–Trinajstić information content (AvgIpc) is 2.28. The molecule has 1 aromatic carbocycles. The first kappa shape index (κ1) is 14.2. The maximum absolute atomic E-state index is 11.8. The van der Waals surface area contributed by atoms with E-state index in [1.807, 2.05) is 31.3 Å². The summed E-state index contributed by atoms with van der Waals surface area (Å²) in [5, 5.41) is 0. The van der Waals surface area contributed by atoms with E-state index in [-0.39, 0.29) is 5.91 Å². The van der Waals surface area contributed by atoms with Crippen molar-refractivity contribution in [2.45, 2.75) is 33.2 Å². The van der Waals surface area contributed by atoms with E-state index in [9.17, 15) is 4.79 Å². The molecule has 1 amide bonds. The normalized spacial score (nSPS) is 10.6. The largest absolute Gasteiger partial charge is 0.341 e. The van der Waals surface area contributed by atoms with Crippen LogP contribution in [0.1, 0.15) is 32.3 Å². The number of benzene rings is 1. The molecule has 0 bridgehead atoms. The molecular formula is C14H20BrNO. The lowest BCUT2D eigenvalue weighted by atomic mass is 10.1. The second kappa shape index (κ2) is 6.80. The van der Waals surface area contributed by atoms with Gasteiger partial charge in [-0.15, -0.1) is 0 Å². The summed E-state index contributed by atoms with van der Waals surface area (Å²) in [7, 11) is 1.87. The van der Waals surface area contributed by atoms with Crippen LogP contribution in [0.4, 0.5) is 0 Å². The van der Waals surface area contributed by atoms with Crippen LogP contribution in [-0.2, 0) is 11.3 Å². The molecule has 1 aromatic rings. The van der Waals surface area contributed by atoms with Gasteiger partial charge in [-0.3, -0.25) is 4.79 Å². The second-order valence-electron chi connectivity index (χ2n) is 4.81. The fraction of sp³-hybridized carbons (Fsp3) is 0.500. The van der Waals surface area contributed by atoms with Gasteiger partial charge in [-0.05, 0) is 30.0 Å². The van der Waals surface area contributed by atoms with Gasteiger partial charge in [0.25, 0.3) is 0 Å². The smallest absolute Gasteiger partial charge is 0.222 e. The molecule has 0 N–H and O–H groups in total.